The van der Waals surface area contributed by atoms with Gasteiger partial charge in [0.05, 0.1) is 22.2 Å². The molecule has 3 aromatic rings. The quantitative estimate of drug-likeness (QED) is 0.369. The van der Waals surface area contributed by atoms with Gasteiger partial charge in [0, 0.05) is 12.0 Å². The highest BCUT2D eigenvalue weighted by molar-refractivity contribution is 6.11. The molecule has 1 aliphatic heterocycles. The maximum absolute atomic E-state index is 13.9. The zero-order chi connectivity index (χ0) is 25.2. The van der Waals surface area contributed by atoms with Crippen molar-refractivity contribution in [3.05, 3.63) is 117 Å². The van der Waals surface area contributed by atoms with Gasteiger partial charge in [0.15, 0.2) is 0 Å². The zero-order valence-electron chi connectivity index (χ0n) is 19.3. The second kappa shape index (κ2) is 9.58. The Morgan fingerprint density at radius 3 is 2.36 bits per heavy atom. The first-order valence-corrected chi connectivity index (χ1v) is 11.7. The molecule has 3 aromatic carbocycles. The van der Waals surface area contributed by atoms with Crippen LogP contribution in [-0.4, -0.2) is 32.6 Å². The minimum absolute atomic E-state index is 0.0768. The molecule has 1 amide bonds. The van der Waals surface area contributed by atoms with Crippen molar-refractivity contribution in [2.24, 2.45) is 11.0 Å². The lowest BCUT2D eigenvalue weighted by atomic mass is 9.77. The van der Waals surface area contributed by atoms with Gasteiger partial charge in [0.2, 0.25) is 0 Å². The standard InChI is InChI=1S/C28H23N3O5/c32-27(21-14-8-16-23(31(35)36)24(21)28(33)34)30-26(19-11-5-2-6-12-19)22-15-7-13-20(25(22)29-30)17-18-9-3-1-4-10-18/h1-6,8-12,14,16-17,22,26H,7,13,15H2,(H,33,34)/b20-17+/t22-,26+/m0/s1. The summed E-state index contributed by atoms with van der Waals surface area (Å²) in [6.45, 7) is 0. The van der Waals surface area contributed by atoms with Gasteiger partial charge in [-0.3, -0.25) is 14.9 Å². The number of hydrazone groups is 1. The van der Waals surface area contributed by atoms with E-state index in [9.17, 15) is 24.8 Å². The summed E-state index contributed by atoms with van der Waals surface area (Å²) < 4.78 is 0. The lowest BCUT2D eigenvalue weighted by Gasteiger charge is -2.29. The fraction of sp³-hybridized carbons (Fsp3) is 0.179. The summed E-state index contributed by atoms with van der Waals surface area (Å²) >= 11 is 0. The van der Waals surface area contributed by atoms with Crippen molar-refractivity contribution in [1.82, 2.24) is 5.01 Å². The molecule has 0 bridgehead atoms. The first-order chi connectivity index (χ1) is 17.5. The second-order valence-electron chi connectivity index (χ2n) is 8.83. The maximum atomic E-state index is 13.9. The Balaban J connectivity index is 1.64. The molecule has 0 spiro atoms. The normalized spacial score (nSPS) is 20.1. The van der Waals surface area contributed by atoms with Crippen molar-refractivity contribution in [2.75, 3.05) is 0 Å². The molecule has 36 heavy (non-hydrogen) atoms. The number of nitro groups is 1. The van der Waals surface area contributed by atoms with E-state index in [2.05, 4.69) is 6.08 Å². The van der Waals surface area contributed by atoms with E-state index in [1.165, 1.54) is 17.1 Å². The van der Waals surface area contributed by atoms with E-state index in [1.807, 2.05) is 60.7 Å². The number of carboxylic acid groups (broad SMARTS) is 1. The van der Waals surface area contributed by atoms with Gasteiger partial charge in [-0.15, -0.1) is 0 Å². The number of carboxylic acids is 1. The molecule has 0 unspecified atom stereocenters. The third-order valence-electron chi connectivity index (χ3n) is 6.67. The van der Waals surface area contributed by atoms with Gasteiger partial charge in [-0.25, -0.2) is 9.80 Å². The van der Waals surface area contributed by atoms with Crippen molar-refractivity contribution in [3.8, 4) is 0 Å². The molecule has 180 valence electrons. The number of carbonyl (C=O) groups is 2. The summed E-state index contributed by atoms with van der Waals surface area (Å²) in [6, 6.07) is 22.6. The molecule has 5 rings (SSSR count). The topological polar surface area (TPSA) is 113 Å². The predicted octanol–water partition coefficient (Wildman–Crippen LogP) is 5.73. The Hall–Kier alpha value is -4.59. The highest BCUT2D eigenvalue weighted by Crippen LogP contribution is 2.45. The lowest BCUT2D eigenvalue weighted by Crippen LogP contribution is -2.32. The minimum atomic E-state index is -1.53. The number of aromatic carboxylic acids is 1. The first-order valence-electron chi connectivity index (χ1n) is 11.7. The molecule has 2 atom stereocenters. The van der Waals surface area contributed by atoms with Crippen LogP contribution < -0.4 is 0 Å². The number of fused-ring (bicyclic) bond motifs is 1. The van der Waals surface area contributed by atoms with Crippen LogP contribution in [0.3, 0.4) is 0 Å². The minimum Gasteiger partial charge on any atom is -0.477 e. The number of carbonyl (C=O) groups excluding carboxylic acids is 1. The van der Waals surface area contributed by atoms with Gasteiger partial charge in [0.25, 0.3) is 11.6 Å². The molecule has 1 aliphatic carbocycles. The van der Waals surface area contributed by atoms with Crippen LogP contribution in [0.1, 0.15) is 57.1 Å². The van der Waals surface area contributed by atoms with Crippen LogP contribution in [0.25, 0.3) is 6.08 Å². The molecule has 8 nitrogen and oxygen atoms in total. The lowest BCUT2D eigenvalue weighted by molar-refractivity contribution is -0.385. The van der Waals surface area contributed by atoms with Gasteiger partial charge in [-0.1, -0.05) is 66.7 Å². The molecule has 0 radical (unpaired) electrons. The molecular weight excluding hydrogens is 458 g/mol. The van der Waals surface area contributed by atoms with E-state index < -0.39 is 34.1 Å². The molecule has 2 aliphatic rings. The average molecular weight is 482 g/mol. The van der Waals surface area contributed by atoms with Crippen LogP contribution in [-0.2, 0) is 0 Å². The smallest absolute Gasteiger partial charge is 0.343 e. The summed E-state index contributed by atoms with van der Waals surface area (Å²) in [5.74, 6) is -2.28. The SMILES string of the molecule is O=C(O)c1c(C(=O)N2N=C3/C(=C/c4ccccc4)CCC[C@@H]3[C@H]2c2ccccc2)cccc1[N+](=O)[O-]. The van der Waals surface area contributed by atoms with E-state index in [-0.39, 0.29) is 11.5 Å². The monoisotopic (exact) mass is 481 g/mol. The number of benzene rings is 3. The third-order valence-corrected chi connectivity index (χ3v) is 6.67. The van der Waals surface area contributed by atoms with E-state index in [4.69, 9.17) is 5.10 Å². The summed E-state index contributed by atoms with van der Waals surface area (Å²) in [5.41, 5.74) is 2.23. The molecule has 1 N–H and O–H groups in total. The summed E-state index contributed by atoms with van der Waals surface area (Å²) in [7, 11) is 0. The van der Waals surface area contributed by atoms with Crippen LogP contribution in [0.5, 0.6) is 0 Å². The van der Waals surface area contributed by atoms with Crippen molar-refractivity contribution in [3.63, 3.8) is 0 Å². The summed E-state index contributed by atoms with van der Waals surface area (Å²) in [6.07, 6.45) is 4.63. The van der Waals surface area contributed by atoms with Crippen LogP contribution in [0.4, 0.5) is 5.69 Å². The number of nitrogens with zero attached hydrogens (tertiary/aromatic N) is 3. The molecule has 1 heterocycles. The Morgan fingerprint density at radius 2 is 1.69 bits per heavy atom. The molecule has 0 saturated heterocycles. The number of hydrogen-bond acceptors (Lipinski definition) is 5. The number of amides is 1. The van der Waals surface area contributed by atoms with Crippen LogP contribution in [0.2, 0.25) is 0 Å². The van der Waals surface area contributed by atoms with Crippen molar-refractivity contribution < 1.29 is 19.6 Å². The maximum Gasteiger partial charge on any atom is 0.343 e. The van der Waals surface area contributed by atoms with Gasteiger partial charge in [-0.05, 0) is 48.1 Å². The fourth-order valence-electron chi connectivity index (χ4n) is 5.12. The Morgan fingerprint density at radius 1 is 1.00 bits per heavy atom. The van der Waals surface area contributed by atoms with Gasteiger partial charge < -0.3 is 5.11 Å². The highest BCUT2D eigenvalue weighted by Gasteiger charge is 2.45. The van der Waals surface area contributed by atoms with Crippen LogP contribution >= 0.6 is 0 Å². The Kier molecular flexibility index (Phi) is 6.16. The highest BCUT2D eigenvalue weighted by atomic mass is 16.6. The van der Waals surface area contributed by atoms with E-state index >= 15 is 0 Å². The molecular formula is C28H23N3O5. The van der Waals surface area contributed by atoms with Gasteiger partial charge >= 0.3 is 5.97 Å². The first kappa shape index (κ1) is 23.2. The van der Waals surface area contributed by atoms with Gasteiger partial charge in [-0.2, -0.15) is 5.10 Å². The van der Waals surface area contributed by atoms with Crippen LogP contribution in [0.15, 0.2) is 89.5 Å². The largest absolute Gasteiger partial charge is 0.477 e. The molecule has 8 heteroatoms. The predicted molar refractivity (Wildman–Crippen MR) is 135 cm³/mol. The Bertz CT molecular complexity index is 1400. The van der Waals surface area contributed by atoms with E-state index in [1.54, 1.807) is 0 Å². The number of nitro benzene ring substituents is 1. The molecule has 1 saturated carbocycles. The average Bonchev–Trinajstić information content (AvgIpc) is 3.29. The molecule has 1 fully saturated rings. The zero-order valence-corrected chi connectivity index (χ0v) is 19.3. The molecule has 0 aromatic heterocycles. The second-order valence-corrected chi connectivity index (χ2v) is 8.83. The van der Waals surface area contributed by atoms with Crippen molar-refractivity contribution in [2.45, 2.75) is 25.3 Å². The van der Waals surface area contributed by atoms with Crippen molar-refractivity contribution in [1.29, 1.82) is 0 Å². The van der Waals surface area contributed by atoms with Gasteiger partial charge in [0.1, 0.15) is 5.56 Å². The van der Waals surface area contributed by atoms with Crippen LogP contribution in [0, 0.1) is 16.0 Å². The Labute approximate surface area is 207 Å². The number of rotatable bonds is 5. The van der Waals surface area contributed by atoms with E-state index in [0.29, 0.717) is 0 Å². The third kappa shape index (κ3) is 4.17. The fourth-order valence-corrected chi connectivity index (χ4v) is 5.12. The number of allylic oxidation sites excluding steroid dienone is 1. The summed E-state index contributed by atoms with van der Waals surface area (Å²) in [5, 5.41) is 27.4. The van der Waals surface area contributed by atoms with Crippen molar-refractivity contribution >= 4 is 29.4 Å². The number of hydrogen-bond donors (Lipinski definition) is 1. The summed E-state index contributed by atoms with van der Waals surface area (Å²) in [4.78, 5) is 36.6. The van der Waals surface area contributed by atoms with E-state index in [0.717, 1.165) is 47.7 Å².